The maximum Gasteiger partial charge on any atom is 0.230 e. The molecule has 1 fully saturated rings. The summed E-state index contributed by atoms with van der Waals surface area (Å²) in [5, 5.41) is 11.5. The second-order valence-electron chi connectivity index (χ2n) is 6.97. The van der Waals surface area contributed by atoms with E-state index in [4.69, 9.17) is 9.47 Å². The number of fused-ring (bicyclic) bond motifs is 1. The van der Waals surface area contributed by atoms with Crippen molar-refractivity contribution in [1.29, 1.82) is 0 Å². The number of methoxy groups -OCH3 is 1. The van der Waals surface area contributed by atoms with Crippen molar-refractivity contribution in [3.8, 4) is 5.75 Å². The highest BCUT2D eigenvalue weighted by Gasteiger charge is 2.41. The van der Waals surface area contributed by atoms with Gasteiger partial charge in [0, 0.05) is 32.4 Å². The normalized spacial score (nSPS) is 16.0. The molecule has 0 bridgehead atoms. The molecule has 3 aromatic rings. The lowest BCUT2D eigenvalue weighted by molar-refractivity contribution is -0.130. The van der Waals surface area contributed by atoms with E-state index in [1.807, 2.05) is 53.1 Å². The van der Waals surface area contributed by atoms with Crippen LogP contribution in [0.4, 0.5) is 0 Å². The van der Waals surface area contributed by atoms with Crippen molar-refractivity contribution in [2.24, 2.45) is 0 Å². The molecule has 2 aromatic heterocycles. The van der Waals surface area contributed by atoms with Gasteiger partial charge in [0.05, 0.1) is 12.5 Å². The Hall–Kier alpha value is -2.93. The highest BCUT2D eigenvalue weighted by molar-refractivity contribution is 5.88. The minimum atomic E-state index is -0.572. The van der Waals surface area contributed by atoms with Gasteiger partial charge in [-0.15, -0.1) is 10.2 Å². The molecule has 1 aliphatic heterocycles. The second-order valence-corrected chi connectivity index (χ2v) is 6.97. The molecular formula is C21H24N4O3. The van der Waals surface area contributed by atoms with Crippen molar-refractivity contribution >= 4 is 11.6 Å². The standard InChI is InChI=1S/C21H24N4O3/c1-27-17-7-5-16(6-8-17)21(10-14-28-15-11-21)20(26)22-12-9-19-24-23-18-4-2-3-13-25(18)19/h2-8,13H,9-12,14-15H2,1H3,(H,22,26). The number of carbonyl (C=O) groups is 1. The molecule has 7 heteroatoms. The summed E-state index contributed by atoms with van der Waals surface area (Å²) in [6.45, 7) is 1.66. The maximum absolute atomic E-state index is 13.2. The fourth-order valence-electron chi connectivity index (χ4n) is 3.80. The van der Waals surface area contributed by atoms with Crippen LogP contribution in [0.3, 0.4) is 0 Å². The molecule has 1 N–H and O–H groups in total. The van der Waals surface area contributed by atoms with Crippen LogP contribution in [0.25, 0.3) is 5.65 Å². The third kappa shape index (κ3) is 3.45. The molecule has 7 nitrogen and oxygen atoms in total. The number of benzene rings is 1. The number of hydrogen-bond donors (Lipinski definition) is 1. The van der Waals surface area contributed by atoms with Gasteiger partial charge in [-0.3, -0.25) is 9.20 Å². The Morgan fingerprint density at radius 1 is 1.18 bits per heavy atom. The van der Waals surface area contributed by atoms with Gasteiger partial charge in [-0.2, -0.15) is 0 Å². The first-order chi connectivity index (χ1) is 13.7. The smallest absolute Gasteiger partial charge is 0.230 e. The second kappa shape index (κ2) is 7.98. The molecule has 0 unspecified atom stereocenters. The van der Waals surface area contributed by atoms with Gasteiger partial charge in [-0.1, -0.05) is 18.2 Å². The molecule has 1 amide bonds. The van der Waals surface area contributed by atoms with E-state index in [1.165, 1.54) is 0 Å². The molecular weight excluding hydrogens is 356 g/mol. The highest BCUT2D eigenvalue weighted by atomic mass is 16.5. The molecule has 3 heterocycles. The fourth-order valence-corrected chi connectivity index (χ4v) is 3.80. The number of nitrogens with one attached hydrogen (secondary N) is 1. The number of aromatic nitrogens is 3. The van der Waals surface area contributed by atoms with E-state index >= 15 is 0 Å². The quantitative estimate of drug-likeness (QED) is 0.709. The summed E-state index contributed by atoms with van der Waals surface area (Å²) in [4.78, 5) is 13.2. The SMILES string of the molecule is COc1ccc(C2(C(=O)NCCc3nnc4ccccn34)CCOCC2)cc1. The van der Waals surface area contributed by atoms with Crippen LogP contribution in [0.2, 0.25) is 0 Å². The number of nitrogens with zero attached hydrogens (tertiary/aromatic N) is 3. The molecule has 0 spiro atoms. The summed E-state index contributed by atoms with van der Waals surface area (Å²) >= 11 is 0. The van der Waals surface area contributed by atoms with E-state index in [-0.39, 0.29) is 5.91 Å². The van der Waals surface area contributed by atoms with E-state index in [1.54, 1.807) is 7.11 Å². The van der Waals surface area contributed by atoms with Gasteiger partial charge in [-0.25, -0.2) is 0 Å². The summed E-state index contributed by atoms with van der Waals surface area (Å²) in [6.07, 6.45) is 3.88. The Morgan fingerprint density at radius 3 is 2.71 bits per heavy atom. The zero-order valence-electron chi connectivity index (χ0n) is 15.9. The van der Waals surface area contributed by atoms with Gasteiger partial charge in [0.1, 0.15) is 11.6 Å². The van der Waals surface area contributed by atoms with Crippen molar-refractivity contribution in [3.05, 3.63) is 60.0 Å². The fraction of sp³-hybridized carbons (Fsp3) is 0.381. The molecule has 1 aliphatic rings. The Morgan fingerprint density at radius 2 is 1.96 bits per heavy atom. The molecule has 28 heavy (non-hydrogen) atoms. The third-order valence-corrected chi connectivity index (χ3v) is 5.44. The zero-order valence-corrected chi connectivity index (χ0v) is 15.9. The summed E-state index contributed by atoms with van der Waals surface area (Å²) < 4.78 is 12.7. The van der Waals surface area contributed by atoms with Crippen LogP contribution in [0, 0.1) is 0 Å². The first-order valence-corrected chi connectivity index (χ1v) is 9.52. The summed E-state index contributed by atoms with van der Waals surface area (Å²) in [6, 6.07) is 13.6. The molecule has 0 aliphatic carbocycles. The largest absolute Gasteiger partial charge is 0.497 e. The lowest BCUT2D eigenvalue weighted by Crippen LogP contribution is -2.48. The van der Waals surface area contributed by atoms with Gasteiger partial charge >= 0.3 is 0 Å². The summed E-state index contributed by atoms with van der Waals surface area (Å²) in [5.41, 5.74) is 1.24. The number of pyridine rings is 1. The average Bonchev–Trinajstić information content (AvgIpc) is 3.17. The molecule has 1 aromatic carbocycles. The van der Waals surface area contributed by atoms with Crippen LogP contribution >= 0.6 is 0 Å². The van der Waals surface area contributed by atoms with Crippen LogP contribution < -0.4 is 10.1 Å². The number of amides is 1. The van der Waals surface area contributed by atoms with Crippen molar-refractivity contribution < 1.29 is 14.3 Å². The lowest BCUT2D eigenvalue weighted by atomic mass is 9.73. The van der Waals surface area contributed by atoms with Crippen molar-refractivity contribution in [1.82, 2.24) is 19.9 Å². The summed E-state index contributed by atoms with van der Waals surface area (Å²) in [5.74, 6) is 1.65. The zero-order chi connectivity index (χ0) is 19.4. The molecule has 0 radical (unpaired) electrons. The third-order valence-electron chi connectivity index (χ3n) is 5.44. The minimum Gasteiger partial charge on any atom is -0.497 e. The molecule has 4 rings (SSSR count). The van der Waals surface area contributed by atoms with Crippen LogP contribution in [0.1, 0.15) is 24.2 Å². The Bertz CT molecular complexity index is 946. The van der Waals surface area contributed by atoms with Crippen molar-refractivity contribution in [2.75, 3.05) is 26.9 Å². The molecule has 0 atom stereocenters. The van der Waals surface area contributed by atoms with Crippen LogP contribution in [-0.2, 0) is 21.4 Å². The average molecular weight is 380 g/mol. The number of hydrogen-bond acceptors (Lipinski definition) is 5. The van der Waals surface area contributed by atoms with Gasteiger partial charge in [0.15, 0.2) is 5.65 Å². The van der Waals surface area contributed by atoms with Crippen molar-refractivity contribution in [3.63, 3.8) is 0 Å². The Labute approximate surface area is 163 Å². The molecule has 0 saturated carbocycles. The van der Waals surface area contributed by atoms with E-state index in [9.17, 15) is 4.79 Å². The predicted octanol–water partition coefficient (Wildman–Crippen LogP) is 2.14. The first kappa shape index (κ1) is 18.4. The first-order valence-electron chi connectivity index (χ1n) is 9.52. The van der Waals surface area contributed by atoms with Gasteiger partial charge in [0.25, 0.3) is 0 Å². The lowest BCUT2D eigenvalue weighted by Gasteiger charge is -2.36. The Kier molecular flexibility index (Phi) is 5.25. The van der Waals surface area contributed by atoms with Crippen LogP contribution in [-0.4, -0.2) is 47.4 Å². The van der Waals surface area contributed by atoms with E-state index < -0.39 is 5.41 Å². The highest BCUT2D eigenvalue weighted by Crippen LogP contribution is 2.36. The number of rotatable bonds is 6. The van der Waals surface area contributed by atoms with Gasteiger partial charge in [0.2, 0.25) is 5.91 Å². The topological polar surface area (TPSA) is 77.8 Å². The van der Waals surface area contributed by atoms with E-state index in [2.05, 4.69) is 15.5 Å². The maximum atomic E-state index is 13.2. The van der Waals surface area contributed by atoms with E-state index in [0.717, 1.165) is 22.8 Å². The molecule has 1 saturated heterocycles. The van der Waals surface area contributed by atoms with Crippen molar-refractivity contribution in [2.45, 2.75) is 24.7 Å². The van der Waals surface area contributed by atoms with Crippen LogP contribution in [0.15, 0.2) is 48.7 Å². The van der Waals surface area contributed by atoms with Gasteiger partial charge < -0.3 is 14.8 Å². The van der Waals surface area contributed by atoms with Crippen LogP contribution in [0.5, 0.6) is 5.75 Å². The minimum absolute atomic E-state index is 0.0368. The predicted molar refractivity (Wildman–Crippen MR) is 104 cm³/mol. The monoisotopic (exact) mass is 380 g/mol. The number of carbonyl (C=O) groups excluding carboxylic acids is 1. The summed E-state index contributed by atoms with van der Waals surface area (Å²) in [7, 11) is 1.64. The van der Waals surface area contributed by atoms with Gasteiger partial charge in [-0.05, 0) is 42.7 Å². The number of ether oxygens (including phenoxy) is 2. The Balaban J connectivity index is 1.48. The van der Waals surface area contributed by atoms with E-state index in [0.29, 0.717) is 39.0 Å². The molecule has 146 valence electrons.